The molecule has 0 fully saturated rings. The fourth-order valence-electron chi connectivity index (χ4n) is 1.95. The minimum Gasteiger partial charge on any atom is -0.495 e. The van der Waals surface area contributed by atoms with Gasteiger partial charge in [0.05, 0.1) is 19.0 Å². The van der Waals surface area contributed by atoms with Crippen LogP contribution in [0.25, 0.3) is 0 Å². The molecule has 0 saturated carbocycles. The van der Waals surface area contributed by atoms with E-state index in [0.29, 0.717) is 11.8 Å². The maximum atomic E-state index is 5.30. The molecule has 0 aliphatic heterocycles. The van der Waals surface area contributed by atoms with Gasteiger partial charge in [-0.05, 0) is 24.3 Å². The summed E-state index contributed by atoms with van der Waals surface area (Å²) in [4.78, 5) is 4.39. The molecule has 0 spiro atoms. The number of hydrogen-bond donors (Lipinski definition) is 2. The van der Waals surface area contributed by atoms with Gasteiger partial charge < -0.3 is 15.4 Å². The van der Waals surface area contributed by atoms with E-state index in [4.69, 9.17) is 4.74 Å². The first-order chi connectivity index (χ1) is 10.8. The van der Waals surface area contributed by atoms with Gasteiger partial charge in [0.15, 0.2) is 5.82 Å². The monoisotopic (exact) mass is 293 g/mol. The van der Waals surface area contributed by atoms with Crippen molar-refractivity contribution in [3.05, 3.63) is 60.8 Å². The largest absolute Gasteiger partial charge is 0.495 e. The molecule has 1 aromatic heterocycles. The van der Waals surface area contributed by atoms with Crippen LogP contribution in [-0.4, -0.2) is 22.3 Å². The van der Waals surface area contributed by atoms with E-state index >= 15 is 0 Å². The standard InChI is InChI=1S/C16H15N5O/c1-22-14-10-6-5-9-13(14)19-15-11-17-21-16(20-15)18-12-7-3-2-4-8-12/h2-11H,1H3,(H2,18,19,20,21). The van der Waals surface area contributed by atoms with Crippen LogP contribution in [0.5, 0.6) is 5.75 Å². The maximum absolute atomic E-state index is 5.30. The van der Waals surface area contributed by atoms with Gasteiger partial charge in [-0.2, -0.15) is 10.1 Å². The summed E-state index contributed by atoms with van der Waals surface area (Å²) in [5, 5.41) is 14.2. The van der Waals surface area contributed by atoms with E-state index in [9.17, 15) is 0 Å². The molecular formula is C16H15N5O. The third kappa shape index (κ3) is 3.29. The Morgan fingerprint density at radius 3 is 2.50 bits per heavy atom. The highest BCUT2D eigenvalue weighted by Crippen LogP contribution is 2.26. The van der Waals surface area contributed by atoms with Gasteiger partial charge >= 0.3 is 0 Å². The number of rotatable bonds is 5. The van der Waals surface area contributed by atoms with Crippen LogP contribution in [0, 0.1) is 0 Å². The summed E-state index contributed by atoms with van der Waals surface area (Å²) < 4.78 is 5.30. The van der Waals surface area contributed by atoms with Crippen LogP contribution in [0.1, 0.15) is 0 Å². The Hall–Kier alpha value is -3.15. The summed E-state index contributed by atoms with van der Waals surface area (Å²) in [6, 6.07) is 17.3. The molecule has 0 amide bonds. The van der Waals surface area contributed by atoms with E-state index in [2.05, 4.69) is 25.8 Å². The van der Waals surface area contributed by atoms with Crippen LogP contribution in [0.4, 0.5) is 23.1 Å². The lowest BCUT2D eigenvalue weighted by molar-refractivity contribution is 0.417. The zero-order chi connectivity index (χ0) is 15.2. The minimum absolute atomic E-state index is 0.422. The maximum Gasteiger partial charge on any atom is 0.249 e. The first-order valence-electron chi connectivity index (χ1n) is 6.77. The predicted molar refractivity (Wildman–Crippen MR) is 85.8 cm³/mol. The lowest BCUT2D eigenvalue weighted by atomic mass is 10.3. The second-order valence-electron chi connectivity index (χ2n) is 4.48. The Kier molecular flexibility index (Phi) is 4.10. The highest BCUT2D eigenvalue weighted by Gasteiger charge is 2.05. The van der Waals surface area contributed by atoms with Crippen LogP contribution in [0.3, 0.4) is 0 Å². The molecule has 0 radical (unpaired) electrons. The third-order valence-electron chi connectivity index (χ3n) is 2.96. The fourth-order valence-corrected chi connectivity index (χ4v) is 1.95. The number of methoxy groups -OCH3 is 1. The third-order valence-corrected chi connectivity index (χ3v) is 2.96. The van der Waals surface area contributed by atoms with E-state index in [1.54, 1.807) is 13.3 Å². The molecule has 110 valence electrons. The van der Waals surface area contributed by atoms with E-state index in [-0.39, 0.29) is 0 Å². The number of aromatic nitrogens is 3. The van der Waals surface area contributed by atoms with Gasteiger partial charge in [-0.15, -0.1) is 5.10 Å². The number of para-hydroxylation sites is 3. The first kappa shape index (κ1) is 13.8. The van der Waals surface area contributed by atoms with Crippen LogP contribution < -0.4 is 15.4 Å². The first-order valence-corrected chi connectivity index (χ1v) is 6.77. The molecular weight excluding hydrogens is 278 g/mol. The van der Waals surface area contributed by atoms with E-state index in [1.165, 1.54) is 0 Å². The summed E-state index contributed by atoms with van der Waals surface area (Å²) in [6.45, 7) is 0. The summed E-state index contributed by atoms with van der Waals surface area (Å²) in [6.07, 6.45) is 1.56. The molecule has 0 unspecified atom stereocenters. The van der Waals surface area contributed by atoms with E-state index < -0.39 is 0 Å². The van der Waals surface area contributed by atoms with Crippen molar-refractivity contribution in [2.75, 3.05) is 17.7 Å². The minimum atomic E-state index is 0.422. The van der Waals surface area contributed by atoms with Crippen molar-refractivity contribution in [2.45, 2.75) is 0 Å². The smallest absolute Gasteiger partial charge is 0.249 e. The summed E-state index contributed by atoms with van der Waals surface area (Å²) in [5.41, 5.74) is 1.72. The van der Waals surface area contributed by atoms with Gasteiger partial charge in [-0.3, -0.25) is 0 Å². The molecule has 22 heavy (non-hydrogen) atoms. The molecule has 0 aliphatic rings. The molecule has 0 aliphatic carbocycles. The van der Waals surface area contributed by atoms with Crippen LogP contribution in [-0.2, 0) is 0 Å². The van der Waals surface area contributed by atoms with Gasteiger partial charge in [0.2, 0.25) is 5.95 Å². The van der Waals surface area contributed by atoms with E-state index in [1.807, 2.05) is 54.6 Å². The highest BCUT2D eigenvalue weighted by atomic mass is 16.5. The predicted octanol–water partition coefficient (Wildman–Crippen LogP) is 3.37. The summed E-state index contributed by atoms with van der Waals surface area (Å²) in [5.74, 6) is 1.74. The SMILES string of the molecule is COc1ccccc1Nc1cnnc(Nc2ccccc2)n1. The van der Waals surface area contributed by atoms with Crippen molar-refractivity contribution < 1.29 is 4.74 Å². The number of anilines is 4. The summed E-state index contributed by atoms with van der Waals surface area (Å²) in [7, 11) is 1.63. The Balaban J connectivity index is 1.79. The van der Waals surface area contributed by atoms with Gasteiger partial charge in [-0.1, -0.05) is 30.3 Å². The highest BCUT2D eigenvalue weighted by molar-refractivity contribution is 5.64. The average molecular weight is 293 g/mol. The molecule has 0 saturated heterocycles. The van der Waals surface area contributed by atoms with Crippen molar-refractivity contribution >= 4 is 23.1 Å². The molecule has 0 atom stereocenters. The topological polar surface area (TPSA) is 72.0 Å². The zero-order valence-corrected chi connectivity index (χ0v) is 12.0. The van der Waals surface area contributed by atoms with Gasteiger partial charge in [0, 0.05) is 5.69 Å². The van der Waals surface area contributed by atoms with Crippen molar-refractivity contribution in [3.63, 3.8) is 0 Å². The number of nitrogens with zero attached hydrogens (tertiary/aromatic N) is 3. The fraction of sp³-hybridized carbons (Fsp3) is 0.0625. The second kappa shape index (κ2) is 6.53. The second-order valence-corrected chi connectivity index (χ2v) is 4.48. The van der Waals surface area contributed by atoms with Crippen LogP contribution in [0.2, 0.25) is 0 Å². The molecule has 6 nitrogen and oxygen atoms in total. The molecule has 3 aromatic rings. The van der Waals surface area contributed by atoms with Gasteiger partial charge in [0.1, 0.15) is 5.75 Å². The van der Waals surface area contributed by atoms with Crippen molar-refractivity contribution in [3.8, 4) is 5.75 Å². The Labute approximate surface area is 128 Å². The Morgan fingerprint density at radius 1 is 0.909 bits per heavy atom. The normalized spacial score (nSPS) is 10.0. The van der Waals surface area contributed by atoms with Crippen LogP contribution in [0.15, 0.2) is 60.8 Å². The summed E-state index contributed by atoms with van der Waals surface area (Å²) >= 11 is 0. The lowest BCUT2D eigenvalue weighted by Crippen LogP contribution is -2.03. The number of benzene rings is 2. The number of hydrogen-bond acceptors (Lipinski definition) is 6. The molecule has 3 rings (SSSR count). The molecule has 1 heterocycles. The lowest BCUT2D eigenvalue weighted by Gasteiger charge is -2.10. The van der Waals surface area contributed by atoms with Crippen LogP contribution >= 0.6 is 0 Å². The quantitative estimate of drug-likeness (QED) is 0.751. The Morgan fingerprint density at radius 2 is 1.68 bits per heavy atom. The Bertz CT molecular complexity index is 748. The number of nitrogens with one attached hydrogen (secondary N) is 2. The molecule has 2 N–H and O–H groups in total. The molecule has 0 bridgehead atoms. The van der Waals surface area contributed by atoms with Gasteiger partial charge in [-0.25, -0.2) is 0 Å². The number of ether oxygens (including phenoxy) is 1. The zero-order valence-electron chi connectivity index (χ0n) is 12.0. The van der Waals surface area contributed by atoms with Gasteiger partial charge in [0.25, 0.3) is 0 Å². The molecule has 2 aromatic carbocycles. The van der Waals surface area contributed by atoms with Crippen molar-refractivity contribution in [1.82, 2.24) is 15.2 Å². The van der Waals surface area contributed by atoms with Crippen molar-refractivity contribution in [2.24, 2.45) is 0 Å². The van der Waals surface area contributed by atoms with Crippen molar-refractivity contribution in [1.29, 1.82) is 0 Å². The average Bonchev–Trinajstić information content (AvgIpc) is 2.57. The van der Waals surface area contributed by atoms with E-state index in [0.717, 1.165) is 17.1 Å². The molecule has 6 heteroatoms.